The van der Waals surface area contributed by atoms with Gasteiger partial charge in [0.1, 0.15) is 5.51 Å². The lowest BCUT2D eigenvalue weighted by molar-refractivity contribution is 0.0909. The van der Waals surface area contributed by atoms with Crippen LogP contribution in [0.5, 0.6) is 0 Å². The molecule has 23 heavy (non-hydrogen) atoms. The first-order chi connectivity index (χ1) is 11.3. The molecular weight excluding hydrogens is 328 g/mol. The predicted octanol–water partition coefficient (Wildman–Crippen LogP) is 2.51. The Hall–Kier alpha value is -1.44. The van der Waals surface area contributed by atoms with Crippen molar-refractivity contribution >= 4 is 29.0 Å². The van der Waals surface area contributed by atoms with E-state index in [9.17, 15) is 4.79 Å². The van der Waals surface area contributed by atoms with E-state index in [1.807, 2.05) is 24.3 Å². The average Bonchev–Trinajstić information content (AvgIpc) is 3.18. The highest BCUT2D eigenvalue weighted by Crippen LogP contribution is 2.29. The molecule has 2 aromatic rings. The van der Waals surface area contributed by atoms with Gasteiger partial charge < -0.3 is 10.2 Å². The lowest BCUT2D eigenvalue weighted by Gasteiger charge is -2.30. The van der Waals surface area contributed by atoms with E-state index in [0.717, 1.165) is 33.7 Å². The molecule has 7 heteroatoms. The number of piperidine rings is 1. The van der Waals surface area contributed by atoms with E-state index in [0.29, 0.717) is 6.04 Å². The third kappa shape index (κ3) is 3.57. The molecule has 2 saturated heterocycles. The highest BCUT2D eigenvalue weighted by Gasteiger charge is 2.32. The maximum Gasteiger partial charge on any atom is 0.251 e. The molecule has 2 aliphatic heterocycles. The number of rotatable bonds is 4. The number of amides is 1. The van der Waals surface area contributed by atoms with Gasteiger partial charge in [-0.05, 0) is 49.6 Å². The summed E-state index contributed by atoms with van der Waals surface area (Å²) in [4.78, 5) is 15.9. The SMILES string of the molecule is O=C(N[C@@H]1C[C@H]2CCN(C2)C1)c1ccc(Sc2nncs2)cc1. The van der Waals surface area contributed by atoms with E-state index >= 15 is 0 Å². The molecule has 1 aromatic carbocycles. The van der Waals surface area contributed by atoms with Gasteiger partial charge in [0.15, 0.2) is 4.34 Å². The Morgan fingerprint density at radius 1 is 1.30 bits per heavy atom. The Morgan fingerprint density at radius 2 is 2.17 bits per heavy atom. The fourth-order valence-corrected chi connectivity index (χ4v) is 4.87. The number of benzene rings is 1. The van der Waals surface area contributed by atoms with E-state index in [1.54, 1.807) is 17.3 Å². The topological polar surface area (TPSA) is 58.1 Å². The Labute approximate surface area is 143 Å². The summed E-state index contributed by atoms with van der Waals surface area (Å²) in [6, 6.07) is 8.00. The second kappa shape index (κ2) is 6.59. The van der Waals surface area contributed by atoms with Gasteiger partial charge in [0.25, 0.3) is 5.91 Å². The van der Waals surface area contributed by atoms with Crippen LogP contribution in [0.3, 0.4) is 0 Å². The highest BCUT2D eigenvalue weighted by molar-refractivity contribution is 8.01. The molecule has 0 spiro atoms. The molecule has 0 radical (unpaired) electrons. The maximum atomic E-state index is 12.4. The van der Waals surface area contributed by atoms with Crippen molar-refractivity contribution in [2.45, 2.75) is 28.1 Å². The molecule has 0 aliphatic carbocycles. The zero-order chi connectivity index (χ0) is 15.6. The van der Waals surface area contributed by atoms with E-state index < -0.39 is 0 Å². The first kappa shape index (κ1) is 15.1. The van der Waals surface area contributed by atoms with Crippen LogP contribution in [0, 0.1) is 5.92 Å². The van der Waals surface area contributed by atoms with Crippen LogP contribution >= 0.6 is 23.1 Å². The van der Waals surface area contributed by atoms with Crippen LogP contribution in [0.15, 0.2) is 39.0 Å². The first-order valence-electron chi connectivity index (χ1n) is 7.83. The smallest absolute Gasteiger partial charge is 0.251 e. The van der Waals surface area contributed by atoms with Crippen molar-refractivity contribution < 1.29 is 4.79 Å². The molecule has 3 heterocycles. The summed E-state index contributed by atoms with van der Waals surface area (Å²) in [7, 11) is 0. The Morgan fingerprint density at radius 3 is 2.91 bits per heavy atom. The van der Waals surface area contributed by atoms with Gasteiger partial charge in [-0.15, -0.1) is 10.2 Å². The van der Waals surface area contributed by atoms with Crippen molar-refractivity contribution in [3.63, 3.8) is 0 Å². The number of fused-ring (bicyclic) bond motifs is 2. The minimum Gasteiger partial charge on any atom is -0.348 e. The number of carbonyl (C=O) groups excluding carboxylic acids is 1. The molecule has 2 fully saturated rings. The Bertz CT molecular complexity index is 662. The normalized spacial score (nSPS) is 26.2. The van der Waals surface area contributed by atoms with Gasteiger partial charge in [-0.3, -0.25) is 4.79 Å². The summed E-state index contributed by atoms with van der Waals surface area (Å²) >= 11 is 3.08. The fourth-order valence-electron chi connectivity index (χ4n) is 3.42. The quantitative estimate of drug-likeness (QED) is 0.922. The van der Waals surface area contributed by atoms with Gasteiger partial charge >= 0.3 is 0 Å². The van der Waals surface area contributed by atoms with Crippen LogP contribution in [-0.2, 0) is 0 Å². The first-order valence-corrected chi connectivity index (χ1v) is 9.53. The van der Waals surface area contributed by atoms with Crippen molar-refractivity contribution in [1.82, 2.24) is 20.4 Å². The second-order valence-corrected chi connectivity index (χ2v) is 8.31. The fraction of sp³-hybridized carbons (Fsp3) is 0.438. The highest BCUT2D eigenvalue weighted by atomic mass is 32.2. The zero-order valence-corrected chi connectivity index (χ0v) is 14.3. The molecule has 120 valence electrons. The summed E-state index contributed by atoms with van der Waals surface area (Å²) in [6.45, 7) is 3.39. The van der Waals surface area contributed by atoms with Gasteiger partial charge in [-0.25, -0.2) is 0 Å². The van der Waals surface area contributed by atoms with Crippen molar-refractivity contribution in [3.05, 3.63) is 35.3 Å². The molecule has 5 nitrogen and oxygen atoms in total. The van der Waals surface area contributed by atoms with E-state index in [2.05, 4.69) is 20.4 Å². The molecule has 1 N–H and O–H groups in total. The zero-order valence-electron chi connectivity index (χ0n) is 12.6. The van der Waals surface area contributed by atoms with Crippen molar-refractivity contribution in [1.29, 1.82) is 0 Å². The molecule has 3 atom stereocenters. The predicted molar refractivity (Wildman–Crippen MR) is 90.9 cm³/mol. The monoisotopic (exact) mass is 346 g/mol. The Balaban J connectivity index is 1.36. The molecule has 2 bridgehead atoms. The van der Waals surface area contributed by atoms with E-state index in [1.165, 1.54) is 30.8 Å². The molecule has 2 aliphatic rings. The van der Waals surface area contributed by atoms with Crippen LogP contribution in [0.25, 0.3) is 0 Å². The minimum atomic E-state index is 0.0324. The Kier molecular flexibility index (Phi) is 4.33. The van der Waals surface area contributed by atoms with Crippen LogP contribution in [-0.4, -0.2) is 46.7 Å². The lowest BCUT2D eigenvalue weighted by Crippen LogP contribution is -2.47. The summed E-state index contributed by atoms with van der Waals surface area (Å²) in [5.74, 6) is 0.796. The van der Waals surface area contributed by atoms with Crippen molar-refractivity contribution in [3.8, 4) is 0 Å². The van der Waals surface area contributed by atoms with Gasteiger partial charge in [0.2, 0.25) is 0 Å². The van der Waals surface area contributed by atoms with Crippen molar-refractivity contribution in [2.75, 3.05) is 19.6 Å². The molecule has 1 amide bonds. The third-order valence-electron chi connectivity index (χ3n) is 4.46. The van der Waals surface area contributed by atoms with Crippen LogP contribution in [0.2, 0.25) is 0 Å². The molecule has 1 aromatic heterocycles. The summed E-state index contributed by atoms with van der Waals surface area (Å²) < 4.78 is 0.911. The molecule has 1 unspecified atom stereocenters. The average molecular weight is 346 g/mol. The largest absolute Gasteiger partial charge is 0.348 e. The standard InChI is InChI=1S/C16H18N4OS2/c21-15(18-13-7-11-5-6-20(8-11)9-13)12-1-3-14(4-2-12)23-16-19-17-10-22-16/h1-4,10-11,13H,5-9H2,(H,18,21)/t11-,13-/m1/s1. The maximum absolute atomic E-state index is 12.4. The number of carbonyl (C=O) groups is 1. The van der Waals surface area contributed by atoms with Gasteiger partial charge in [-0.2, -0.15) is 0 Å². The third-order valence-corrected chi connectivity index (χ3v) is 6.25. The van der Waals surface area contributed by atoms with Crippen LogP contribution in [0.1, 0.15) is 23.2 Å². The molecule has 4 rings (SSSR count). The van der Waals surface area contributed by atoms with Crippen LogP contribution < -0.4 is 5.32 Å². The number of aromatic nitrogens is 2. The van der Waals surface area contributed by atoms with Gasteiger partial charge in [0.05, 0.1) is 0 Å². The van der Waals surface area contributed by atoms with Gasteiger partial charge in [-0.1, -0.05) is 23.1 Å². The number of hydrogen-bond donors (Lipinski definition) is 1. The summed E-state index contributed by atoms with van der Waals surface area (Å²) in [5.41, 5.74) is 2.44. The van der Waals surface area contributed by atoms with E-state index in [-0.39, 0.29) is 5.91 Å². The second-order valence-electron chi connectivity index (χ2n) is 6.15. The van der Waals surface area contributed by atoms with Crippen LogP contribution in [0.4, 0.5) is 0 Å². The lowest BCUT2D eigenvalue weighted by atomic mass is 9.96. The molecule has 0 saturated carbocycles. The van der Waals surface area contributed by atoms with Crippen molar-refractivity contribution in [2.24, 2.45) is 5.92 Å². The van der Waals surface area contributed by atoms with Gasteiger partial charge in [0, 0.05) is 29.6 Å². The number of nitrogens with zero attached hydrogens (tertiary/aromatic N) is 3. The van der Waals surface area contributed by atoms with E-state index in [4.69, 9.17) is 0 Å². The summed E-state index contributed by atoms with van der Waals surface area (Å²) in [6.07, 6.45) is 2.40. The number of hydrogen-bond acceptors (Lipinski definition) is 6. The number of nitrogens with one attached hydrogen (secondary N) is 1. The summed E-state index contributed by atoms with van der Waals surface area (Å²) in [5, 5.41) is 11.0. The molecular formula is C16H18N4OS2. The minimum absolute atomic E-state index is 0.0324.